The van der Waals surface area contributed by atoms with Crippen LogP contribution in [0.3, 0.4) is 0 Å². The number of aromatic nitrogens is 3. The summed E-state index contributed by atoms with van der Waals surface area (Å²) in [7, 11) is 0. The molecule has 2 atom stereocenters. The molecule has 0 saturated carbocycles. The smallest absolute Gasteiger partial charge is 0.358 e. The van der Waals surface area contributed by atoms with Crippen molar-refractivity contribution in [3.05, 3.63) is 47.3 Å². The Balaban J connectivity index is 2.04. The van der Waals surface area contributed by atoms with Gasteiger partial charge in [0.25, 0.3) is 0 Å². The maximum Gasteiger partial charge on any atom is 0.358 e. The zero-order valence-corrected chi connectivity index (χ0v) is 11.8. The van der Waals surface area contributed by atoms with Gasteiger partial charge in [-0.15, -0.1) is 5.10 Å². The lowest BCUT2D eigenvalue weighted by Crippen LogP contribution is -2.16. The van der Waals surface area contributed by atoms with Gasteiger partial charge in [-0.05, 0) is 25.3 Å². The third-order valence-corrected chi connectivity index (χ3v) is 3.82. The average molecular weight is 287 g/mol. The van der Waals surface area contributed by atoms with Crippen LogP contribution in [0, 0.1) is 0 Å². The lowest BCUT2D eigenvalue weighted by molar-refractivity contribution is 0.0671. The Morgan fingerprint density at radius 3 is 2.81 bits per heavy atom. The van der Waals surface area contributed by atoms with Crippen LogP contribution in [-0.4, -0.2) is 32.7 Å². The fourth-order valence-corrected chi connectivity index (χ4v) is 2.71. The van der Waals surface area contributed by atoms with E-state index in [-0.39, 0.29) is 17.8 Å². The molecule has 1 fully saturated rings. The number of ether oxygens (including phenoxy) is 1. The highest BCUT2D eigenvalue weighted by atomic mass is 16.5. The lowest BCUT2D eigenvalue weighted by atomic mass is 10.1. The third-order valence-electron chi connectivity index (χ3n) is 3.82. The summed E-state index contributed by atoms with van der Waals surface area (Å²) in [5.74, 6) is -1.06. The molecule has 6 nitrogen and oxygen atoms in total. The highest BCUT2D eigenvalue weighted by Gasteiger charge is 2.31. The summed E-state index contributed by atoms with van der Waals surface area (Å²) in [5.41, 5.74) is 1.61. The minimum Gasteiger partial charge on any atom is -0.476 e. The standard InChI is InChI=1S/C15H17N3O3/c1-10(11-6-3-2-4-7-11)18-14(12-8-5-9-21-12)13(15(19)20)16-17-18/h2-4,6-7,10,12H,5,8-9H2,1H3,(H,19,20). The van der Waals surface area contributed by atoms with Gasteiger partial charge in [-0.1, -0.05) is 35.5 Å². The molecule has 1 saturated heterocycles. The first-order valence-corrected chi connectivity index (χ1v) is 7.03. The molecular weight excluding hydrogens is 270 g/mol. The molecule has 0 bridgehead atoms. The molecule has 6 heteroatoms. The molecule has 1 aromatic carbocycles. The first kappa shape index (κ1) is 13.8. The summed E-state index contributed by atoms with van der Waals surface area (Å²) in [5, 5.41) is 17.2. The summed E-state index contributed by atoms with van der Waals surface area (Å²) in [6.45, 7) is 2.63. The Hall–Kier alpha value is -2.21. The number of benzene rings is 1. The zero-order chi connectivity index (χ0) is 14.8. The second kappa shape index (κ2) is 5.65. The molecule has 0 aliphatic carbocycles. The molecule has 21 heavy (non-hydrogen) atoms. The van der Waals surface area contributed by atoms with Crippen molar-refractivity contribution in [2.75, 3.05) is 6.61 Å². The molecule has 2 unspecified atom stereocenters. The topological polar surface area (TPSA) is 77.2 Å². The van der Waals surface area contributed by atoms with Crippen LogP contribution in [0.4, 0.5) is 0 Å². The van der Waals surface area contributed by atoms with E-state index in [9.17, 15) is 9.90 Å². The van der Waals surface area contributed by atoms with Crippen LogP contribution in [0.15, 0.2) is 30.3 Å². The van der Waals surface area contributed by atoms with Gasteiger partial charge in [0.1, 0.15) is 11.8 Å². The van der Waals surface area contributed by atoms with Crippen molar-refractivity contribution in [3.8, 4) is 0 Å². The highest BCUT2D eigenvalue weighted by Crippen LogP contribution is 2.32. The number of carbonyl (C=O) groups is 1. The van der Waals surface area contributed by atoms with Crippen molar-refractivity contribution in [1.82, 2.24) is 15.0 Å². The van der Waals surface area contributed by atoms with E-state index in [0.29, 0.717) is 12.3 Å². The molecule has 0 spiro atoms. The molecule has 0 amide bonds. The highest BCUT2D eigenvalue weighted by molar-refractivity contribution is 5.86. The van der Waals surface area contributed by atoms with Gasteiger partial charge in [0.2, 0.25) is 0 Å². The van der Waals surface area contributed by atoms with E-state index in [0.717, 1.165) is 18.4 Å². The summed E-state index contributed by atoms with van der Waals surface area (Å²) in [4.78, 5) is 11.4. The molecule has 110 valence electrons. The monoisotopic (exact) mass is 287 g/mol. The number of rotatable bonds is 4. The Morgan fingerprint density at radius 2 is 2.19 bits per heavy atom. The van der Waals surface area contributed by atoms with Crippen molar-refractivity contribution < 1.29 is 14.6 Å². The van der Waals surface area contributed by atoms with Gasteiger partial charge in [0, 0.05) is 6.61 Å². The number of hydrogen-bond donors (Lipinski definition) is 1. The van der Waals surface area contributed by atoms with Crippen LogP contribution in [-0.2, 0) is 4.74 Å². The maximum atomic E-state index is 11.4. The molecule has 0 radical (unpaired) electrons. The Bertz CT molecular complexity index is 633. The Morgan fingerprint density at radius 1 is 1.43 bits per heavy atom. The maximum absolute atomic E-state index is 11.4. The van der Waals surface area contributed by atoms with Crippen LogP contribution in [0.5, 0.6) is 0 Å². The number of nitrogens with zero attached hydrogens (tertiary/aromatic N) is 3. The predicted molar refractivity (Wildman–Crippen MR) is 75.2 cm³/mol. The molecule has 1 N–H and O–H groups in total. The van der Waals surface area contributed by atoms with Gasteiger partial charge in [-0.25, -0.2) is 9.48 Å². The number of aromatic carboxylic acids is 1. The molecule has 1 aliphatic heterocycles. The molecule has 3 rings (SSSR count). The van der Waals surface area contributed by atoms with Gasteiger partial charge < -0.3 is 9.84 Å². The van der Waals surface area contributed by atoms with Gasteiger partial charge in [-0.2, -0.15) is 0 Å². The minimum atomic E-state index is -1.06. The van der Waals surface area contributed by atoms with E-state index in [1.54, 1.807) is 4.68 Å². The van der Waals surface area contributed by atoms with Crippen LogP contribution in [0.2, 0.25) is 0 Å². The van der Waals surface area contributed by atoms with E-state index in [2.05, 4.69) is 10.3 Å². The normalized spacial score (nSPS) is 19.6. The van der Waals surface area contributed by atoms with Crippen molar-refractivity contribution in [2.24, 2.45) is 0 Å². The second-order valence-corrected chi connectivity index (χ2v) is 5.16. The summed E-state index contributed by atoms with van der Waals surface area (Å²) < 4.78 is 7.33. The zero-order valence-electron chi connectivity index (χ0n) is 11.8. The van der Waals surface area contributed by atoms with Gasteiger partial charge in [-0.3, -0.25) is 0 Å². The van der Waals surface area contributed by atoms with Crippen molar-refractivity contribution in [2.45, 2.75) is 31.9 Å². The Kier molecular flexibility index (Phi) is 3.70. The molecule has 1 aliphatic rings. The fraction of sp³-hybridized carbons (Fsp3) is 0.400. The quantitative estimate of drug-likeness (QED) is 0.934. The van der Waals surface area contributed by atoms with E-state index < -0.39 is 5.97 Å². The first-order chi connectivity index (χ1) is 10.2. The number of carboxylic acid groups (broad SMARTS) is 1. The van der Waals surface area contributed by atoms with E-state index in [4.69, 9.17) is 4.74 Å². The van der Waals surface area contributed by atoms with Crippen LogP contribution in [0.25, 0.3) is 0 Å². The van der Waals surface area contributed by atoms with Crippen molar-refractivity contribution in [3.63, 3.8) is 0 Å². The van der Waals surface area contributed by atoms with Gasteiger partial charge in [0.05, 0.1) is 6.04 Å². The summed E-state index contributed by atoms with van der Waals surface area (Å²) in [6, 6.07) is 9.74. The fourth-order valence-electron chi connectivity index (χ4n) is 2.71. The van der Waals surface area contributed by atoms with Crippen LogP contribution >= 0.6 is 0 Å². The predicted octanol–water partition coefficient (Wildman–Crippen LogP) is 2.44. The number of hydrogen-bond acceptors (Lipinski definition) is 4. The van der Waals surface area contributed by atoms with Gasteiger partial charge in [0.15, 0.2) is 5.69 Å². The van der Waals surface area contributed by atoms with Crippen molar-refractivity contribution >= 4 is 5.97 Å². The SMILES string of the molecule is CC(c1ccccc1)n1nnc(C(=O)O)c1C1CCCO1. The molecule has 2 aromatic rings. The summed E-state index contributed by atoms with van der Waals surface area (Å²) >= 11 is 0. The Labute approximate surface area is 122 Å². The molecular formula is C15H17N3O3. The summed E-state index contributed by atoms with van der Waals surface area (Å²) in [6.07, 6.45) is 1.49. The van der Waals surface area contributed by atoms with Gasteiger partial charge >= 0.3 is 5.97 Å². The van der Waals surface area contributed by atoms with E-state index in [1.807, 2.05) is 37.3 Å². The largest absolute Gasteiger partial charge is 0.476 e. The average Bonchev–Trinajstić information content (AvgIpc) is 3.16. The lowest BCUT2D eigenvalue weighted by Gasteiger charge is -2.18. The molecule has 1 aromatic heterocycles. The first-order valence-electron chi connectivity index (χ1n) is 7.03. The number of carboxylic acids is 1. The van der Waals surface area contributed by atoms with Crippen LogP contribution < -0.4 is 0 Å². The second-order valence-electron chi connectivity index (χ2n) is 5.16. The van der Waals surface area contributed by atoms with Crippen LogP contribution in [0.1, 0.15) is 53.7 Å². The minimum absolute atomic E-state index is 0.00955. The van der Waals surface area contributed by atoms with E-state index >= 15 is 0 Å². The van der Waals surface area contributed by atoms with Crippen molar-refractivity contribution in [1.29, 1.82) is 0 Å². The van der Waals surface area contributed by atoms with E-state index in [1.165, 1.54) is 0 Å². The third kappa shape index (κ3) is 2.54. The molecule has 2 heterocycles.